The quantitative estimate of drug-likeness (QED) is 0.493. The third-order valence-electron chi connectivity index (χ3n) is 2.50. The molecular weight excluding hydrogens is 258 g/mol. The molecule has 5 heteroatoms. The zero-order valence-corrected chi connectivity index (χ0v) is 11.8. The zero-order valence-electron chi connectivity index (χ0n) is 11.8. The average molecular weight is 277 g/mol. The predicted octanol–water partition coefficient (Wildman–Crippen LogP) is 2.46. The molecule has 0 spiro atoms. The molecule has 1 rings (SSSR count). The molecule has 0 atom stereocenters. The summed E-state index contributed by atoms with van der Waals surface area (Å²) >= 11 is 0. The number of rotatable bonds is 6. The van der Waals surface area contributed by atoms with E-state index in [9.17, 15) is 9.59 Å². The van der Waals surface area contributed by atoms with E-state index in [0.29, 0.717) is 11.3 Å². The van der Waals surface area contributed by atoms with Gasteiger partial charge >= 0.3 is 12.1 Å². The van der Waals surface area contributed by atoms with E-state index < -0.39 is 12.1 Å². The topological polar surface area (TPSA) is 64.6 Å². The van der Waals surface area contributed by atoms with Crippen molar-refractivity contribution >= 4 is 12.1 Å². The van der Waals surface area contributed by atoms with Crippen LogP contribution in [0.1, 0.15) is 19.4 Å². The Morgan fingerprint density at radius 2 is 1.90 bits per heavy atom. The molecule has 0 unspecified atom stereocenters. The summed E-state index contributed by atoms with van der Waals surface area (Å²) in [7, 11) is 0. The number of carbonyl (C=O) groups is 2. The molecule has 0 saturated carbocycles. The molecule has 20 heavy (non-hydrogen) atoms. The molecule has 1 aromatic rings. The van der Waals surface area contributed by atoms with Gasteiger partial charge in [0.2, 0.25) is 0 Å². The molecule has 0 aromatic heterocycles. The standard InChI is InChI=1S/C15H19NO4/c1-4-12-5-7-13(8-6-12)20-15(18)16-9-10-19-14(17)11(2)3/h5-8H,2,4,9-10H2,1,3H3,(H,16,18). The van der Waals surface area contributed by atoms with Gasteiger partial charge in [0.25, 0.3) is 0 Å². The monoisotopic (exact) mass is 277 g/mol. The van der Waals surface area contributed by atoms with Crippen molar-refractivity contribution < 1.29 is 19.1 Å². The van der Waals surface area contributed by atoms with Crippen LogP contribution in [0, 0.1) is 0 Å². The van der Waals surface area contributed by atoms with Gasteiger partial charge in [0.1, 0.15) is 12.4 Å². The van der Waals surface area contributed by atoms with E-state index in [1.165, 1.54) is 5.56 Å². The Morgan fingerprint density at radius 3 is 2.45 bits per heavy atom. The van der Waals surface area contributed by atoms with E-state index in [1.54, 1.807) is 19.1 Å². The molecule has 5 nitrogen and oxygen atoms in total. The summed E-state index contributed by atoms with van der Waals surface area (Å²) in [5, 5.41) is 2.49. The predicted molar refractivity (Wildman–Crippen MR) is 75.6 cm³/mol. The third kappa shape index (κ3) is 5.56. The molecule has 1 amide bonds. The molecule has 0 aliphatic carbocycles. The first-order chi connectivity index (χ1) is 9.52. The molecule has 1 N–H and O–H groups in total. The smallest absolute Gasteiger partial charge is 0.412 e. The molecule has 0 aliphatic rings. The Morgan fingerprint density at radius 1 is 1.25 bits per heavy atom. The van der Waals surface area contributed by atoms with Crippen molar-refractivity contribution in [3.05, 3.63) is 42.0 Å². The molecule has 0 heterocycles. The fourth-order valence-corrected chi connectivity index (χ4v) is 1.36. The van der Waals surface area contributed by atoms with Crippen LogP contribution >= 0.6 is 0 Å². The fourth-order valence-electron chi connectivity index (χ4n) is 1.36. The van der Waals surface area contributed by atoms with Crippen LogP contribution in [0.3, 0.4) is 0 Å². The molecular formula is C15H19NO4. The van der Waals surface area contributed by atoms with Gasteiger partial charge in [0.05, 0.1) is 6.54 Å². The number of ether oxygens (including phenoxy) is 2. The highest BCUT2D eigenvalue weighted by molar-refractivity contribution is 5.86. The molecule has 0 radical (unpaired) electrons. The summed E-state index contributed by atoms with van der Waals surface area (Å²) in [5.41, 5.74) is 1.49. The first kappa shape index (κ1) is 15.8. The summed E-state index contributed by atoms with van der Waals surface area (Å²) in [5.74, 6) is -0.00560. The summed E-state index contributed by atoms with van der Waals surface area (Å²) in [4.78, 5) is 22.5. The second kappa shape index (κ2) is 7.99. The molecule has 0 bridgehead atoms. The van der Waals surface area contributed by atoms with Gasteiger partial charge in [0, 0.05) is 5.57 Å². The van der Waals surface area contributed by atoms with E-state index in [-0.39, 0.29) is 13.2 Å². The number of hydrogen-bond acceptors (Lipinski definition) is 4. The largest absolute Gasteiger partial charge is 0.460 e. The Hall–Kier alpha value is -2.30. The van der Waals surface area contributed by atoms with E-state index in [2.05, 4.69) is 18.8 Å². The lowest BCUT2D eigenvalue weighted by atomic mass is 10.2. The Labute approximate surface area is 118 Å². The van der Waals surface area contributed by atoms with Gasteiger partial charge in [-0.05, 0) is 31.0 Å². The number of amides is 1. The van der Waals surface area contributed by atoms with E-state index in [0.717, 1.165) is 6.42 Å². The van der Waals surface area contributed by atoms with Crippen LogP contribution in [0.2, 0.25) is 0 Å². The van der Waals surface area contributed by atoms with Gasteiger partial charge in [-0.15, -0.1) is 0 Å². The summed E-state index contributed by atoms with van der Waals surface area (Å²) in [6, 6.07) is 7.27. The van der Waals surface area contributed by atoms with Crippen LogP contribution in [0.5, 0.6) is 5.75 Å². The first-order valence-electron chi connectivity index (χ1n) is 6.40. The van der Waals surface area contributed by atoms with Crippen LogP contribution in [0.4, 0.5) is 4.79 Å². The highest BCUT2D eigenvalue weighted by Crippen LogP contribution is 2.12. The summed E-state index contributed by atoms with van der Waals surface area (Å²) in [6.45, 7) is 7.33. The van der Waals surface area contributed by atoms with Crippen molar-refractivity contribution in [1.29, 1.82) is 0 Å². The number of nitrogens with one attached hydrogen (secondary N) is 1. The lowest BCUT2D eigenvalue weighted by Gasteiger charge is -2.07. The molecule has 1 aromatic carbocycles. The fraction of sp³-hybridized carbons (Fsp3) is 0.333. The van der Waals surface area contributed by atoms with Crippen LogP contribution < -0.4 is 10.1 Å². The van der Waals surface area contributed by atoms with Crippen LogP contribution in [-0.4, -0.2) is 25.2 Å². The third-order valence-corrected chi connectivity index (χ3v) is 2.50. The Balaban J connectivity index is 2.26. The number of esters is 1. The second-order valence-electron chi connectivity index (χ2n) is 4.23. The van der Waals surface area contributed by atoms with Gasteiger partial charge in [-0.3, -0.25) is 0 Å². The maximum absolute atomic E-state index is 11.5. The molecule has 0 aliphatic heterocycles. The Kier molecular flexibility index (Phi) is 6.29. The average Bonchev–Trinajstić information content (AvgIpc) is 2.44. The van der Waals surface area contributed by atoms with Crippen LogP contribution in [-0.2, 0) is 16.0 Å². The van der Waals surface area contributed by atoms with Crippen LogP contribution in [0.25, 0.3) is 0 Å². The number of aryl methyl sites for hydroxylation is 1. The second-order valence-corrected chi connectivity index (χ2v) is 4.23. The lowest BCUT2D eigenvalue weighted by molar-refractivity contribution is -0.138. The summed E-state index contributed by atoms with van der Waals surface area (Å²) in [6.07, 6.45) is 0.348. The van der Waals surface area contributed by atoms with Gasteiger partial charge in [-0.2, -0.15) is 0 Å². The highest BCUT2D eigenvalue weighted by Gasteiger charge is 2.05. The maximum Gasteiger partial charge on any atom is 0.412 e. The first-order valence-corrected chi connectivity index (χ1v) is 6.40. The van der Waals surface area contributed by atoms with Crippen LogP contribution in [0.15, 0.2) is 36.4 Å². The van der Waals surface area contributed by atoms with Gasteiger partial charge in [0.15, 0.2) is 0 Å². The van der Waals surface area contributed by atoms with Crippen molar-refractivity contribution in [3.8, 4) is 5.75 Å². The normalized spacial score (nSPS) is 9.70. The zero-order chi connectivity index (χ0) is 15.0. The van der Waals surface area contributed by atoms with Gasteiger partial charge in [-0.25, -0.2) is 9.59 Å². The van der Waals surface area contributed by atoms with Crippen molar-refractivity contribution in [3.63, 3.8) is 0 Å². The molecule has 0 fully saturated rings. The van der Waals surface area contributed by atoms with Gasteiger partial charge in [-0.1, -0.05) is 25.6 Å². The minimum Gasteiger partial charge on any atom is -0.460 e. The Bertz CT molecular complexity index is 479. The highest BCUT2D eigenvalue weighted by atomic mass is 16.6. The lowest BCUT2D eigenvalue weighted by Crippen LogP contribution is -2.30. The van der Waals surface area contributed by atoms with E-state index >= 15 is 0 Å². The van der Waals surface area contributed by atoms with E-state index in [1.807, 2.05) is 12.1 Å². The van der Waals surface area contributed by atoms with Crippen molar-refractivity contribution in [1.82, 2.24) is 5.32 Å². The van der Waals surface area contributed by atoms with Crippen molar-refractivity contribution in [2.24, 2.45) is 0 Å². The number of benzene rings is 1. The maximum atomic E-state index is 11.5. The van der Waals surface area contributed by atoms with Crippen molar-refractivity contribution in [2.75, 3.05) is 13.2 Å². The number of hydrogen-bond donors (Lipinski definition) is 1. The van der Waals surface area contributed by atoms with E-state index in [4.69, 9.17) is 9.47 Å². The minimum atomic E-state index is -0.583. The van der Waals surface area contributed by atoms with Gasteiger partial charge < -0.3 is 14.8 Å². The molecule has 108 valence electrons. The van der Waals surface area contributed by atoms with Crippen molar-refractivity contribution in [2.45, 2.75) is 20.3 Å². The number of carbonyl (C=O) groups excluding carboxylic acids is 2. The molecule has 0 saturated heterocycles. The summed E-state index contributed by atoms with van der Waals surface area (Å²) < 4.78 is 9.89. The SMILES string of the molecule is C=C(C)C(=O)OCCNC(=O)Oc1ccc(CC)cc1. The minimum absolute atomic E-state index is 0.0789.